The molecule has 2 aromatic heterocycles. The summed E-state index contributed by atoms with van der Waals surface area (Å²) in [5, 5.41) is 3.56. The average molecular weight is 437 g/mol. The van der Waals surface area contributed by atoms with Gasteiger partial charge in [-0.15, -0.1) is 11.8 Å². The smallest absolute Gasteiger partial charge is 0.258 e. The number of furan rings is 1. The third-order valence-corrected chi connectivity index (χ3v) is 6.01. The van der Waals surface area contributed by atoms with Crippen LogP contribution in [0.5, 0.6) is 0 Å². The first kappa shape index (κ1) is 21.1. The molecule has 0 aliphatic carbocycles. The van der Waals surface area contributed by atoms with Crippen LogP contribution >= 0.6 is 11.8 Å². The molecule has 8 heteroatoms. The van der Waals surface area contributed by atoms with Crippen molar-refractivity contribution >= 4 is 29.3 Å². The molecule has 1 saturated heterocycles. The van der Waals surface area contributed by atoms with Crippen LogP contribution in [0.4, 0.5) is 5.69 Å². The monoisotopic (exact) mass is 436 g/mol. The summed E-state index contributed by atoms with van der Waals surface area (Å²) in [7, 11) is 0. The van der Waals surface area contributed by atoms with E-state index in [1.165, 1.54) is 11.8 Å². The lowest BCUT2D eigenvalue weighted by Crippen LogP contribution is -2.44. The summed E-state index contributed by atoms with van der Waals surface area (Å²) in [6.45, 7) is 2.80. The molecule has 1 aromatic carbocycles. The molecule has 1 aliphatic heterocycles. The quantitative estimate of drug-likeness (QED) is 0.475. The molecule has 1 N–H and O–H groups in total. The van der Waals surface area contributed by atoms with Crippen LogP contribution in [-0.4, -0.2) is 46.0 Å². The van der Waals surface area contributed by atoms with E-state index in [0.717, 1.165) is 18.5 Å². The molecule has 31 heavy (non-hydrogen) atoms. The maximum absolute atomic E-state index is 13.4. The second-order valence-electron chi connectivity index (χ2n) is 7.44. The minimum absolute atomic E-state index is 0.0603. The molecule has 1 unspecified atom stereocenters. The maximum atomic E-state index is 13.4. The van der Waals surface area contributed by atoms with Gasteiger partial charge in [0.15, 0.2) is 11.6 Å². The van der Waals surface area contributed by atoms with Crippen LogP contribution in [0.3, 0.4) is 0 Å². The maximum Gasteiger partial charge on any atom is 0.258 e. The lowest BCUT2D eigenvalue weighted by Gasteiger charge is -2.32. The van der Waals surface area contributed by atoms with Gasteiger partial charge >= 0.3 is 0 Å². The van der Waals surface area contributed by atoms with Crippen molar-refractivity contribution in [1.82, 2.24) is 14.9 Å². The van der Waals surface area contributed by atoms with Gasteiger partial charge in [-0.1, -0.05) is 18.2 Å². The Labute approximate surface area is 185 Å². The van der Waals surface area contributed by atoms with Crippen molar-refractivity contribution in [3.05, 3.63) is 60.0 Å². The Bertz CT molecular complexity index is 1070. The van der Waals surface area contributed by atoms with Crippen LogP contribution in [0, 0.1) is 12.8 Å². The van der Waals surface area contributed by atoms with Crippen LogP contribution in [0.1, 0.15) is 28.9 Å². The van der Waals surface area contributed by atoms with Gasteiger partial charge < -0.3 is 14.6 Å². The van der Waals surface area contributed by atoms with Crippen molar-refractivity contribution in [2.24, 2.45) is 5.92 Å². The van der Waals surface area contributed by atoms with Gasteiger partial charge in [0.25, 0.3) is 5.91 Å². The second-order valence-corrected chi connectivity index (χ2v) is 8.23. The van der Waals surface area contributed by atoms with E-state index < -0.39 is 0 Å². The van der Waals surface area contributed by atoms with Crippen LogP contribution in [0.15, 0.2) is 58.2 Å². The topological polar surface area (TPSA) is 88.3 Å². The largest absolute Gasteiger partial charge is 0.461 e. The highest BCUT2D eigenvalue weighted by molar-refractivity contribution is 7.98. The zero-order valence-electron chi connectivity index (χ0n) is 17.5. The Kier molecular flexibility index (Phi) is 6.36. The molecule has 0 spiro atoms. The van der Waals surface area contributed by atoms with E-state index in [0.29, 0.717) is 41.0 Å². The molecule has 0 radical (unpaired) electrons. The minimum atomic E-state index is -0.251. The van der Waals surface area contributed by atoms with Crippen molar-refractivity contribution in [2.75, 3.05) is 24.7 Å². The Hall–Kier alpha value is -3.13. The highest BCUT2D eigenvalue weighted by atomic mass is 32.2. The zero-order valence-corrected chi connectivity index (χ0v) is 18.3. The molecule has 0 saturated carbocycles. The summed E-state index contributed by atoms with van der Waals surface area (Å²) in [5.41, 5.74) is 1.86. The SMILES string of the molecule is CSc1nc(-c2ccco2)nc(C)c1C(=O)N1CCCC(C(=O)Nc2ccccc2)C1. The molecule has 3 aromatic rings. The van der Waals surface area contributed by atoms with Gasteiger partial charge in [-0.05, 0) is 50.3 Å². The summed E-state index contributed by atoms with van der Waals surface area (Å²) in [6.07, 6.45) is 4.99. The summed E-state index contributed by atoms with van der Waals surface area (Å²) in [6, 6.07) is 12.9. The Morgan fingerprint density at radius 3 is 2.68 bits per heavy atom. The number of piperidine rings is 1. The number of carbonyl (C=O) groups is 2. The van der Waals surface area contributed by atoms with Crippen molar-refractivity contribution < 1.29 is 14.0 Å². The first-order valence-corrected chi connectivity index (χ1v) is 11.4. The molecule has 4 rings (SSSR count). The van der Waals surface area contributed by atoms with Crippen molar-refractivity contribution in [1.29, 1.82) is 0 Å². The number of rotatable bonds is 5. The number of nitrogens with zero attached hydrogens (tertiary/aromatic N) is 3. The van der Waals surface area contributed by atoms with Gasteiger partial charge in [0.1, 0.15) is 5.03 Å². The molecule has 1 fully saturated rings. The van der Waals surface area contributed by atoms with E-state index >= 15 is 0 Å². The minimum Gasteiger partial charge on any atom is -0.461 e. The van der Waals surface area contributed by atoms with Crippen LogP contribution in [0.2, 0.25) is 0 Å². The molecule has 1 aliphatic rings. The predicted molar refractivity (Wildman–Crippen MR) is 120 cm³/mol. The fourth-order valence-corrected chi connectivity index (χ4v) is 4.37. The fraction of sp³-hybridized carbons (Fsp3) is 0.304. The Balaban J connectivity index is 1.53. The molecule has 2 amide bonds. The third kappa shape index (κ3) is 4.64. The van der Waals surface area contributed by atoms with E-state index in [1.807, 2.05) is 43.5 Å². The third-order valence-electron chi connectivity index (χ3n) is 5.33. The van der Waals surface area contributed by atoms with Gasteiger partial charge in [-0.25, -0.2) is 9.97 Å². The number of aromatic nitrogens is 2. The van der Waals surface area contributed by atoms with Gasteiger partial charge in [0, 0.05) is 18.8 Å². The zero-order chi connectivity index (χ0) is 21.8. The molecule has 0 bridgehead atoms. The standard InChI is InChI=1S/C23H24N4O3S/c1-15-19(22(31-2)26-20(24-15)18-11-7-13-30-18)23(29)27-12-6-8-16(14-27)21(28)25-17-9-4-3-5-10-17/h3-5,7,9-11,13,16H,6,8,12,14H2,1-2H3,(H,25,28). The molecular formula is C23H24N4O3S. The van der Waals surface area contributed by atoms with Crippen molar-refractivity contribution in [3.63, 3.8) is 0 Å². The van der Waals surface area contributed by atoms with E-state index in [4.69, 9.17) is 4.42 Å². The lowest BCUT2D eigenvalue weighted by molar-refractivity contribution is -0.121. The lowest BCUT2D eigenvalue weighted by atomic mass is 9.96. The number of benzene rings is 1. The predicted octanol–water partition coefficient (Wildman–Crippen LogP) is 4.26. The van der Waals surface area contributed by atoms with Crippen LogP contribution in [-0.2, 0) is 4.79 Å². The number of nitrogens with one attached hydrogen (secondary N) is 1. The summed E-state index contributed by atoms with van der Waals surface area (Å²) >= 11 is 1.40. The molecule has 160 valence electrons. The average Bonchev–Trinajstić information content (AvgIpc) is 3.34. The van der Waals surface area contributed by atoms with E-state index in [-0.39, 0.29) is 17.7 Å². The number of carbonyl (C=O) groups excluding carboxylic acids is 2. The van der Waals surface area contributed by atoms with Crippen LogP contribution < -0.4 is 5.32 Å². The number of thioether (sulfide) groups is 1. The van der Waals surface area contributed by atoms with E-state index in [2.05, 4.69) is 15.3 Å². The summed E-state index contributed by atoms with van der Waals surface area (Å²) in [5.74, 6) is 0.578. The second kappa shape index (κ2) is 9.34. The number of hydrogen-bond donors (Lipinski definition) is 1. The van der Waals surface area contributed by atoms with Crippen LogP contribution in [0.25, 0.3) is 11.6 Å². The highest BCUT2D eigenvalue weighted by Gasteiger charge is 2.31. The van der Waals surface area contributed by atoms with Gasteiger partial charge in [0.05, 0.1) is 23.4 Å². The Morgan fingerprint density at radius 1 is 1.16 bits per heavy atom. The number of aryl methyl sites for hydroxylation is 1. The number of amides is 2. The first-order chi connectivity index (χ1) is 15.1. The fourth-order valence-electron chi connectivity index (χ4n) is 3.76. The number of likely N-dealkylation sites (tertiary alicyclic amines) is 1. The first-order valence-electron chi connectivity index (χ1n) is 10.2. The van der Waals surface area contributed by atoms with E-state index in [9.17, 15) is 9.59 Å². The number of hydrogen-bond acceptors (Lipinski definition) is 6. The Morgan fingerprint density at radius 2 is 1.97 bits per heavy atom. The van der Waals surface area contributed by atoms with Crippen molar-refractivity contribution in [3.8, 4) is 11.6 Å². The molecule has 7 nitrogen and oxygen atoms in total. The van der Waals surface area contributed by atoms with Gasteiger partial charge in [0.2, 0.25) is 5.91 Å². The molecule has 3 heterocycles. The number of anilines is 1. The molecule has 1 atom stereocenters. The van der Waals surface area contributed by atoms with Gasteiger partial charge in [-0.2, -0.15) is 0 Å². The van der Waals surface area contributed by atoms with Gasteiger partial charge in [-0.3, -0.25) is 9.59 Å². The summed E-state index contributed by atoms with van der Waals surface area (Å²) < 4.78 is 5.41. The van der Waals surface area contributed by atoms with E-state index in [1.54, 1.807) is 23.3 Å². The summed E-state index contributed by atoms with van der Waals surface area (Å²) in [4.78, 5) is 37.0. The number of para-hydroxylation sites is 1. The normalized spacial score (nSPS) is 16.2. The van der Waals surface area contributed by atoms with Crippen molar-refractivity contribution in [2.45, 2.75) is 24.8 Å². The molecular weight excluding hydrogens is 412 g/mol. The highest BCUT2D eigenvalue weighted by Crippen LogP contribution is 2.28.